The van der Waals surface area contributed by atoms with Gasteiger partial charge >= 0.3 is 0 Å². The molecule has 0 amide bonds. The van der Waals surface area contributed by atoms with Gasteiger partial charge in [0.2, 0.25) is 0 Å². The monoisotopic (exact) mass is 292 g/mol. The highest BCUT2D eigenvalue weighted by Gasteiger charge is 2.20. The van der Waals surface area contributed by atoms with Gasteiger partial charge in [-0.25, -0.2) is 0 Å². The predicted molar refractivity (Wildman–Crippen MR) is 85.4 cm³/mol. The van der Waals surface area contributed by atoms with Gasteiger partial charge in [-0.2, -0.15) is 0 Å². The molecule has 2 N–H and O–H groups in total. The van der Waals surface area contributed by atoms with Gasteiger partial charge in [0.05, 0.1) is 17.9 Å². The Hall–Kier alpha value is -1.37. The lowest BCUT2D eigenvalue weighted by Gasteiger charge is -2.34. The molecule has 0 spiro atoms. The van der Waals surface area contributed by atoms with Crippen molar-refractivity contribution in [3.63, 3.8) is 0 Å². The van der Waals surface area contributed by atoms with Gasteiger partial charge in [0.15, 0.2) is 0 Å². The molecule has 0 aliphatic carbocycles. The van der Waals surface area contributed by atoms with Crippen LogP contribution in [0.4, 0.5) is 11.4 Å². The van der Waals surface area contributed by atoms with E-state index in [4.69, 9.17) is 11.6 Å². The summed E-state index contributed by atoms with van der Waals surface area (Å²) in [5.74, 6) is 6.33. The molecule has 1 aromatic carbocycles. The van der Waals surface area contributed by atoms with Crippen molar-refractivity contribution in [3.05, 3.63) is 23.2 Å². The molecule has 0 bridgehead atoms. The highest BCUT2D eigenvalue weighted by molar-refractivity contribution is 6.31. The summed E-state index contributed by atoms with van der Waals surface area (Å²) >= 11 is 6.09. The number of nitrogens with one attached hydrogen (secondary N) is 1. The van der Waals surface area contributed by atoms with Crippen LogP contribution in [0.3, 0.4) is 0 Å². The van der Waals surface area contributed by atoms with E-state index in [0.717, 1.165) is 36.6 Å². The molecule has 2 rings (SSSR count). The summed E-state index contributed by atoms with van der Waals surface area (Å²) in [6.45, 7) is 4.70. The van der Waals surface area contributed by atoms with Crippen molar-refractivity contribution in [1.29, 1.82) is 0 Å². The molecule has 1 aliphatic heterocycles. The van der Waals surface area contributed by atoms with Crippen LogP contribution in [0.1, 0.15) is 19.8 Å². The maximum atomic E-state index is 9.22. The van der Waals surface area contributed by atoms with E-state index in [0.29, 0.717) is 19.1 Å². The van der Waals surface area contributed by atoms with Gasteiger partial charge in [-0.05, 0) is 43.9 Å². The molecule has 1 aromatic rings. The second kappa shape index (κ2) is 7.42. The highest BCUT2D eigenvalue weighted by atomic mass is 35.5. The van der Waals surface area contributed by atoms with Gasteiger partial charge in [0.1, 0.15) is 0 Å². The molecule has 0 atom stereocenters. The fourth-order valence-electron chi connectivity index (χ4n) is 2.51. The van der Waals surface area contributed by atoms with E-state index in [2.05, 4.69) is 28.1 Å². The van der Waals surface area contributed by atoms with Crippen LogP contribution in [0.2, 0.25) is 5.02 Å². The molecule has 1 aliphatic rings. The number of piperidine rings is 1. The zero-order chi connectivity index (χ0) is 14.4. The van der Waals surface area contributed by atoms with Gasteiger partial charge in [-0.15, -0.1) is 5.92 Å². The van der Waals surface area contributed by atoms with E-state index in [1.165, 1.54) is 5.69 Å². The van der Waals surface area contributed by atoms with Gasteiger partial charge in [0, 0.05) is 24.7 Å². The number of aliphatic hydroxyl groups is 1. The first-order chi connectivity index (χ1) is 9.74. The standard InChI is InChI=1S/C16H21ClN2O/c1-2-3-8-18-15-11-14(17)4-5-16(15)19-9-6-13(12-20)7-10-19/h4-5,11,13,18,20H,6-10,12H2,1H3. The van der Waals surface area contributed by atoms with E-state index in [-0.39, 0.29) is 0 Å². The maximum Gasteiger partial charge on any atom is 0.0766 e. The molecule has 4 heteroatoms. The normalized spacial score (nSPS) is 15.7. The zero-order valence-corrected chi connectivity index (χ0v) is 12.6. The molecular weight excluding hydrogens is 272 g/mol. The Morgan fingerprint density at radius 1 is 1.40 bits per heavy atom. The summed E-state index contributed by atoms with van der Waals surface area (Å²) in [6.07, 6.45) is 2.07. The van der Waals surface area contributed by atoms with Gasteiger partial charge < -0.3 is 15.3 Å². The fraction of sp³-hybridized carbons (Fsp3) is 0.500. The van der Waals surface area contributed by atoms with Crippen molar-refractivity contribution in [2.24, 2.45) is 5.92 Å². The number of anilines is 2. The van der Waals surface area contributed by atoms with Crippen LogP contribution in [0.25, 0.3) is 0 Å². The van der Waals surface area contributed by atoms with E-state index in [1.807, 2.05) is 19.1 Å². The molecule has 108 valence electrons. The minimum absolute atomic E-state index is 0.297. The van der Waals surface area contributed by atoms with Crippen LogP contribution in [-0.4, -0.2) is 31.3 Å². The number of hydrogen-bond acceptors (Lipinski definition) is 3. The average molecular weight is 293 g/mol. The third-order valence-corrected chi connectivity index (χ3v) is 3.95. The van der Waals surface area contributed by atoms with Crippen molar-refractivity contribution in [1.82, 2.24) is 0 Å². The summed E-state index contributed by atoms with van der Waals surface area (Å²) in [5, 5.41) is 13.3. The Bertz CT molecular complexity index is 499. The van der Waals surface area contributed by atoms with E-state index < -0.39 is 0 Å². The highest BCUT2D eigenvalue weighted by Crippen LogP contribution is 2.32. The van der Waals surface area contributed by atoms with Crippen LogP contribution in [0.15, 0.2) is 18.2 Å². The lowest BCUT2D eigenvalue weighted by Crippen LogP contribution is -2.35. The lowest BCUT2D eigenvalue weighted by molar-refractivity contribution is 0.203. The van der Waals surface area contributed by atoms with Crippen molar-refractivity contribution in [3.8, 4) is 11.8 Å². The summed E-state index contributed by atoms with van der Waals surface area (Å²) in [4.78, 5) is 2.35. The SMILES string of the molecule is CC#CCNc1cc(Cl)ccc1N1CCC(CO)CC1. The Balaban J connectivity index is 2.11. The fourth-order valence-corrected chi connectivity index (χ4v) is 2.68. The Morgan fingerprint density at radius 3 is 2.80 bits per heavy atom. The summed E-state index contributed by atoms with van der Waals surface area (Å²) in [5.41, 5.74) is 2.20. The van der Waals surface area contributed by atoms with Crippen LogP contribution in [0, 0.1) is 17.8 Å². The first-order valence-corrected chi connectivity index (χ1v) is 7.41. The Labute approximate surface area is 125 Å². The maximum absolute atomic E-state index is 9.22. The summed E-state index contributed by atoms with van der Waals surface area (Å²) in [6, 6.07) is 5.93. The van der Waals surface area contributed by atoms with Gasteiger partial charge in [-0.3, -0.25) is 0 Å². The molecule has 0 saturated carbocycles. The van der Waals surface area contributed by atoms with Crippen LogP contribution < -0.4 is 10.2 Å². The van der Waals surface area contributed by atoms with Crippen molar-refractivity contribution >= 4 is 23.0 Å². The summed E-state index contributed by atoms with van der Waals surface area (Å²) in [7, 11) is 0. The average Bonchev–Trinajstić information content (AvgIpc) is 2.48. The second-order valence-electron chi connectivity index (χ2n) is 5.05. The quantitative estimate of drug-likeness (QED) is 0.838. The first-order valence-electron chi connectivity index (χ1n) is 7.03. The smallest absolute Gasteiger partial charge is 0.0766 e. The summed E-state index contributed by atoms with van der Waals surface area (Å²) < 4.78 is 0. The van der Waals surface area contributed by atoms with Crippen LogP contribution in [0.5, 0.6) is 0 Å². The third-order valence-electron chi connectivity index (χ3n) is 3.72. The van der Waals surface area contributed by atoms with Crippen molar-refractivity contribution < 1.29 is 5.11 Å². The molecule has 0 radical (unpaired) electrons. The molecule has 1 heterocycles. The predicted octanol–water partition coefficient (Wildman–Crippen LogP) is 2.98. The minimum Gasteiger partial charge on any atom is -0.396 e. The minimum atomic E-state index is 0.297. The second-order valence-corrected chi connectivity index (χ2v) is 5.49. The van der Waals surface area contributed by atoms with Crippen LogP contribution >= 0.6 is 11.6 Å². The van der Waals surface area contributed by atoms with E-state index in [9.17, 15) is 5.11 Å². The molecule has 20 heavy (non-hydrogen) atoms. The number of halogens is 1. The van der Waals surface area contributed by atoms with Crippen molar-refractivity contribution in [2.45, 2.75) is 19.8 Å². The van der Waals surface area contributed by atoms with Crippen LogP contribution in [-0.2, 0) is 0 Å². The number of aliphatic hydroxyl groups excluding tert-OH is 1. The molecule has 3 nitrogen and oxygen atoms in total. The number of rotatable bonds is 4. The van der Waals surface area contributed by atoms with E-state index in [1.54, 1.807) is 0 Å². The Morgan fingerprint density at radius 2 is 2.15 bits per heavy atom. The lowest BCUT2D eigenvalue weighted by atomic mass is 9.97. The number of benzene rings is 1. The first kappa shape index (κ1) is 15.0. The van der Waals surface area contributed by atoms with Crippen molar-refractivity contribution in [2.75, 3.05) is 36.5 Å². The topological polar surface area (TPSA) is 35.5 Å². The Kier molecular flexibility index (Phi) is 5.58. The third kappa shape index (κ3) is 3.82. The molecule has 1 saturated heterocycles. The molecule has 0 aromatic heterocycles. The number of nitrogens with zero attached hydrogens (tertiary/aromatic N) is 1. The molecule has 1 fully saturated rings. The van der Waals surface area contributed by atoms with E-state index >= 15 is 0 Å². The zero-order valence-electron chi connectivity index (χ0n) is 11.8. The number of hydrogen-bond donors (Lipinski definition) is 2. The molecule has 0 unspecified atom stereocenters. The van der Waals surface area contributed by atoms with Gasteiger partial charge in [0.25, 0.3) is 0 Å². The largest absolute Gasteiger partial charge is 0.396 e. The van der Waals surface area contributed by atoms with Gasteiger partial charge in [-0.1, -0.05) is 17.5 Å². The molecular formula is C16H21ClN2O.